The zero-order valence-electron chi connectivity index (χ0n) is 11.5. The SMILES string of the molecule is CC[C@H]1CC[C@@]2(C=O)c3c(F)ccc(F)c3OC[C@H]2C1. The Morgan fingerprint density at radius 1 is 1.40 bits per heavy atom. The number of aldehydes is 1. The van der Waals surface area contributed by atoms with Gasteiger partial charge in [-0.2, -0.15) is 0 Å². The highest BCUT2D eigenvalue weighted by atomic mass is 19.1. The molecular weight excluding hydrogens is 262 g/mol. The molecular formula is C16H18F2O2. The van der Waals surface area contributed by atoms with E-state index in [9.17, 15) is 13.6 Å². The summed E-state index contributed by atoms with van der Waals surface area (Å²) in [5.74, 6) is -0.701. The zero-order valence-corrected chi connectivity index (χ0v) is 11.5. The number of rotatable bonds is 2. The average Bonchev–Trinajstić information content (AvgIpc) is 2.49. The number of benzene rings is 1. The highest BCUT2D eigenvalue weighted by molar-refractivity contribution is 5.73. The van der Waals surface area contributed by atoms with Gasteiger partial charge in [-0.15, -0.1) is 0 Å². The normalized spacial score (nSPS) is 31.9. The Kier molecular flexibility index (Phi) is 3.27. The van der Waals surface area contributed by atoms with Crippen LogP contribution in [-0.4, -0.2) is 12.9 Å². The smallest absolute Gasteiger partial charge is 0.165 e. The zero-order chi connectivity index (χ0) is 14.3. The monoisotopic (exact) mass is 280 g/mol. The minimum atomic E-state index is -0.911. The van der Waals surface area contributed by atoms with Crippen molar-refractivity contribution in [2.75, 3.05) is 6.61 Å². The van der Waals surface area contributed by atoms with Gasteiger partial charge in [0, 0.05) is 11.5 Å². The molecule has 1 aromatic rings. The van der Waals surface area contributed by atoms with Gasteiger partial charge >= 0.3 is 0 Å². The van der Waals surface area contributed by atoms with Gasteiger partial charge in [-0.25, -0.2) is 8.78 Å². The molecule has 0 unspecified atom stereocenters. The first-order valence-corrected chi connectivity index (χ1v) is 7.20. The summed E-state index contributed by atoms with van der Waals surface area (Å²) in [6, 6.07) is 2.15. The number of halogens is 2. The molecule has 1 heterocycles. The fourth-order valence-electron chi connectivity index (χ4n) is 3.80. The number of carbonyl (C=O) groups is 1. The number of carbonyl (C=O) groups excluding carboxylic acids is 1. The molecule has 1 fully saturated rings. The molecule has 0 aromatic heterocycles. The first-order valence-electron chi connectivity index (χ1n) is 7.20. The third kappa shape index (κ3) is 1.77. The lowest BCUT2D eigenvalue weighted by Crippen LogP contribution is -2.48. The highest BCUT2D eigenvalue weighted by Gasteiger charge is 2.51. The van der Waals surface area contributed by atoms with E-state index in [2.05, 4.69) is 6.92 Å². The van der Waals surface area contributed by atoms with Gasteiger partial charge in [0.15, 0.2) is 11.6 Å². The van der Waals surface area contributed by atoms with Gasteiger partial charge in [0.2, 0.25) is 0 Å². The molecule has 108 valence electrons. The predicted octanol–water partition coefficient (Wildman–Crippen LogP) is 3.62. The second kappa shape index (κ2) is 4.83. The lowest BCUT2D eigenvalue weighted by Gasteiger charge is -2.46. The van der Waals surface area contributed by atoms with E-state index in [0.29, 0.717) is 18.9 Å². The molecule has 1 aliphatic heterocycles. The van der Waals surface area contributed by atoms with Crippen LogP contribution in [0.2, 0.25) is 0 Å². The summed E-state index contributed by atoms with van der Waals surface area (Å²) in [5.41, 5.74) is -0.774. The van der Waals surface area contributed by atoms with E-state index in [1.54, 1.807) is 0 Å². The van der Waals surface area contributed by atoms with E-state index >= 15 is 0 Å². The lowest BCUT2D eigenvalue weighted by atomic mass is 9.59. The van der Waals surface area contributed by atoms with Crippen molar-refractivity contribution in [1.29, 1.82) is 0 Å². The molecule has 4 heteroatoms. The standard InChI is InChI=1S/C16H18F2O2/c1-2-10-5-6-16(9-19)11(7-10)8-20-15-13(18)4-3-12(17)14(15)16/h3-4,9-11H,2,5-8H2,1H3/t10-,11+,16-/m0/s1. The molecule has 20 heavy (non-hydrogen) atoms. The average molecular weight is 280 g/mol. The molecule has 0 saturated heterocycles. The molecule has 2 nitrogen and oxygen atoms in total. The second-order valence-electron chi connectivity index (χ2n) is 5.95. The van der Waals surface area contributed by atoms with Gasteiger partial charge in [0.1, 0.15) is 12.1 Å². The first-order chi connectivity index (χ1) is 9.62. The summed E-state index contributed by atoms with van der Waals surface area (Å²) in [5, 5.41) is 0. The Hall–Kier alpha value is -1.45. The first kappa shape index (κ1) is 13.5. The molecule has 3 rings (SSSR count). The van der Waals surface area contributed by atoms with Crippen molar-refractivity contribution < 1.29 is 18.3 Å². The number of hydrogen-bond donors (Lipinski definition) is 0. The van der Waals surface area contributed by atoms with Crippen molar-refractivity contribution in [3.05, 3.63) is 29.3 Å². The van der Waals surface area contributed by atoms with Crippen molar-refractivity contribution in [3.8, 4) is 5.75 Å². The highest BCUT2D eigenvalue weighted by Crippen LogP contribution is 2.52. The summed E-state index contributed by atoms with van der Waals surface area (Å²) >= 11 is 0. The molecule has 0 amide bonds. The second-order valence-corrected chi connectivity index (χ2v) is 5.95. The van der Waals surface area contributed by atoms with E-state index < -0.39 is 17.0 Å². The van der Waals surface area contributed by atoms with Crippen LogP contribution in [0.5, 0.6) is 5.75 Å². The van der Waals surface area contributed by atoms with Gasteiger partial charge in [0.25, 0.3) is 0 Å². The van der Waals surface area contributed by atoms with Gasteiger partial charge < -0.3 is 9.53 Å². The van der Waals surface area contributed by atoms with Crippen LogP contribution >= 0.6 is 0 Å². The number of hydrogen-bond acceptors (Lipinski definition) is 2. The molecule has 1 aromatic carbocycles. The molecule has 2 aliphatic rings. The maximum absolute atomic E-state index is 14.2. The maximum atomic E-state index is 14.2. The number of fused-ring (bicyclic) bond motifs is 3. The van der Waals surface area contributed by atoms with E-state index in [-0.39, 0.29) is 17.2 Å². The van der Waals surface area contributed by atoms with Crippen LogP contribution < -0.4 is 4.74 Å². The van der Waals surface area contributed by atoms with Crippen LogP contribution in [0.1, 0.15) is 38.2 Å². The van der Waals surface area contributed by atoms with E-state index in [4.69, 9.17) is 4.74 Å². The Bertz CT molecular complexity index is 544. The fraction of sp³-hybridized carbons (Fsp3) is 0.562. The van der Waals surface area contributed by atoms with Crippen LogP contribution in [0.25, 0.3) is 0 Å². The van der Waals surface area contributed by atoms with E-state index in [0.717, 1.165) is 37.7 Å². The van der Waals surface area contributed by atoms with Gasteiger partial charge in [-0.1, -0.05) is 13.3 Å². The van der Waals surface area contributed by atoms with Crippen LogP contribution in [-0.2, 0) is 10.2 Å². The minimum Gasteiger partial charge on any atom is -0.490 e. The summed E-state index contributed by atoms with van der Waals surface area (Å²) in [6.07, 6.45) is 4.17. The number of ether oxygens (including phenoxy) is 1. The molecule has 1 saturated carbocycles. The van der Waals surface area contributed by atoms with Crippen molar-refractivity contribution in [3.63, 3.8) is 0 Å². The van der Waals surface area contributed by atoms with Crippen molar-refractivity contribution >= 4 is 6.29 Å². The van der Waals surface area contributed by atoms with Gasteiger partial charge in [-0.3, -0.25) is 0 Å². The largest absolute Gasteiger partial charge is 0.490 e. The Morgan fingerprint density at radius 3 is 2.85 bits per heavy atom. The third-order valence-electron chi connectivity index (χ3n) is 5.05. The predicted molar refractivity (Wildman–Crippen MR) is 70.7 cm³/mol. The summed E-state index contributed by atoms with van der Waals surface area (Å²) in [6.45, 7) is 2.42. The van der Waals surface area contributed by atoms with Crippen LogP contribution in [0.4, 0.5) is 8.78 Å². The van der Waals surface area contributed by atoms with Gasteiger partial charge in [-0.05, 0) is 37.3 Å². The molecule has 0 spiro atoms. The molecule has 3 atom stereocenters. The minimum absolute atomic E-state index is 0.0532. The summed E-state index contributed by atoms with van der Waals surface area (Å²) in [7, 11) is 0. The topological polar surface area (TPSA) is 26.3 Å². The Balaban J connectivity index is 2.13. The van der Waals surface area contributed by atoms with Gasteiger partial charge in [0.05, 0.1) is 12.0 Å². The van der Waals surface area contributed by atoms with Crippen molar-refractivity contribution in [2.45, 2.75) is 38.0 Å². The van der Waals surface area contributed by atoms with E-state index in [1.165, 1.54) is 0 Å². The maximum Gasteiger partial charge on any atom is 0.165 e. The van der Waals surface area contributed by atoms with Crippen LogP contribution in [0.3, 0.4) is 0 Å². The lowest BCUT2D eigenvalue weighted by molar-refractivity contribution is -0.118. The molecule has 1 aliphatic carbocycles. The van der Waals surface area contributed by atoms with Crippen LogP contribution in [0, 0.1) is 23.5 Å². The van der Waals surface area contributed by atoms with Crippen LogP contribution in [0.15, 0.2) is 12.1 Å². The Labute approximate surface area is 117 Å². The quantitative estimate of drug-likeness (QED) is 0.773. The summed E-state index contributed by atoms with van der Waals surface area (Å²) in [4.78, 5) is 11.8. The third-order valence-corrected chi connectivity index (χ3v) is 5.05. The van der Waals surface area contributed by atoms with E-state index in [1.807, 2.05) is 0 Å². The summed E-state index contributed by atoms with van der Waals surface area (Å²) < 4.78 is 33.5. The molecule has 0 bridgehead atoms. The van der Waals surface area contributed by atoms with Crippen molar-refractivity contribution in [2.24, 2.45) is 11.8 Å². The fourth-order valence-corrected chi connectivity index (χ4v) is 3.80. The Morgan fingerprint density at radius 2 is 2.15 bits per heavy atom. The molecule has 0 radical (unpaired) electrons. The van der Waals surface area contributed by atoms with Crippen molar-refractivity contribution in [1.82, 2.24) is 0 Å². The molecule has 0 N–H and O–H groups in total.